The van der Waals surface area contributed by atoms with Crippen LogP contribution in [0.4, 0.5) is 17.1 Å². The summed E-state index contributed by atoms with van der Waals surface area (Å²) in [7, 11) is 0. The van der Waals surface area contributed by atoms with Crippen LogP contribution in [0.5, 0.6) is 0 Å². The SMILES string of the molecule is c1ccc(-c2ccc(N(c3ccc4cc5sc6ccccc6c5cc4c3)c3ccc4c(c3)oc3ccccc34)cc2-c2ccccc2)cc1. The van der Waals surface area contributed by atoms with Gasteiger partial charge in [-0.2, -0.15) is 0 Å². The molecule has 0 saturated carbocycles. The van der Waals surface area contributed by atoms with E-state index in [1.807, 2.05) is 23.5 Å². The van der Waals surface area contributed by atoms with E-state index in [4.69, 9.17) is 4.42 Å². The van der Waals surface area contributed by atoms with E-state index >= 15 is 0 Å². The van der Waals surface area contributed by atoms with Gasteiger partial charge in [0.25, 0.3) is 0 Å². The summed E-state index contributed by atoms with van der Waals surface area (Å²) in [5.74, 6) is 0. The van der Waals surface area contributed by atoms with Gasteiger partial charge in [-0.05, 0) is 93.7 Å². The zero-order chi connectivity index (χ0) is 32.3. The molecule has 0 atom stereocenters. The predicted octanol–water partition coefficient (Wildman–Crippen LogP) is 13.9. The Morgan fingerprint density at radius 2 is 1.00 bits per heavy atom. The van der Waals surface area contributed by atoms with E-state index in [0.29, 0.717) is 0 Å². The number of para-hydroxylation sites is 1. The summed E-state index contributed by atoms with van der Waals surface area (Å²) in [5, 5.41) is 7.32. The Hall–Kier alpha value is -6.16. The Labute approximate surface area is 287 Å². The summed E-state index contributed by atoms with van der Waals surface area (Å²) in [4.78, 5) is 2.36. The highest BCUT2D eigenvalue weighted by Crippen LogP contribution is 2.44. The highest BCUT2D eigenvalue weighted by molar-refractivity contribution is 7.25. The monoisotopic (exact) mass is 643 g/mol. The summed E-state index contributed by atoms with van der Waals surface area (Å²) >= 11 is 1.86. The van der Waals surface area contributed by atoms with Crippen molar-refractivity contribution in [1.29, 1.82) is 0 Å². The molecule has 10 rings (SSSR count). The second-order valence-electron chi connectivity index (χ2n) is 12.6. The Bertz CT molecular complexity index is 2830. The maximum Gasteiger partial charge on any atom is 0.137 e. The molecule has 2 heterocycles. The Morgan fingerprint density at radius 3 is 1.84 bits per heavy atom. The topological polar surface area (TPSA) is 16.4 Å². The average molecular weight is 644 g/mol. The van der Waals surface area contributed by atoms with Crippen LogP contribution in [0.15, 0.2) is 180 Å². The van der Waals surface area contributed by atoms with Crippen LogP contribution in [0, 0.1) is 0 Å². The predicted molar refractivity (Wildman–Crippen MR) is 210 cm³/mol. The highest BCUT2D eigenvalue weighted by atomic mass is 32.1. The van der Waals surface area contributed by atoms with Crippen molar-refractivity contribution < 1.29 is 4.42 Å². The second kappa shape index (κ2) is 11.2. The molecule has 3 heteroatoms. The van der Waals surface area contributed by atoms with Crippen LogP contribution in [-0.4, -0.2) is 0 Å². The van der Waals surface area contributed by atoms with Crippen molar-refractivity contribution in [2.24, 2.45) is 0 Å². The molecule has 0 aliphatic heterocycles. The molecule has 2 nitrogen and oxygen atoms in total. The third-order valence-corrected chi connectivity index (χ3v) is 10.8. The number of thiophene rings is 1. The summed E-state index contributed by atoms with van der Waals surface area (Å²) in [5.41, 5.74) is 9.75. The van der Waals surface area contributed by atoms with E-state index in [1.165, 1.54) is 53.2 Å². The normalized spacial score (nSPS) is 11.7. The van der Waals surface area contributed by atoms with Gasteiger partial charge in [0.2, 0.25) is 0 Å². The third-order valence-electron chi connectivity index (χ3n) is 9.63. The zero-order valence-corrected chi connectivity index (χ0v) is 27.3. The van der Waals surface area contributed by atoms with Crippen LogP contribution in [0.3, 0.4) is 0 Å². The van der Waals surface area contributed by atoms with Crippen LogP contribution in [0.25, 0.3) is 75.1 Å². The molecule has 0 saturated heterocycles. The van der Waals surface area contributed by atoms with Gasteiger partial charge in [-0.25, -0.2) is 0 Å². The lowest BCUT2D eigenvalue weighted by atomic mass is 9.93. The number of benzene rings is 8. The van der Waals surface area contributed by atoms with Gasteiger partial charge >= 0.3 is 0 Å². The first-order valence-corrected chi connectivity index (χ1v) is 17.4. The van der Waals surface area contributed by atoms with Crippen molar-refractivity contribution in [2.75, 3.05) is 4.90 Å². The van der Waals surface area contributed by atoms with E-state index < -0.39 is 0 Å². The van der Waals surface area contributed by atoms with E-state index in [2.05, 4.69) is 169 Å². The molecule has 0 amide bonds. The molecule has 0 aliphatic carbocycles. The first kappa shape index (κ1) is 27.9. The number of hydrogen-bond donors (Lipinski definition) is 0. The molecule has 49 heavy (non-hydrogen) atoms. The lowest BCUT2D eigenvalue weighted by Crippen LogP contribution is -2.10. The maximum absolute atomic E-state index is 6.41. The zero-order valence-electron chi connectivity index (χ0n) is 26.5. The van der Waals surface area contributed by atoms with Gasteiger partial charge < -0.3 is 9.32 Å². The van der Waals surface area contributed by atoms with Crippen molar-refractivity contribution in [3.05, 3.63) is 176 Å². The average Bonchev–Trinajstić information content (AvgIpc) is 3.72. The lowest BCUT2D eigenvalue weighted by molar-refractivity contribution is 0.669. The number of rotatable bonds is 5. The fourth-order valence-electron chi connectivity index (χ4n) is 7.29. The molecule has 10 aromatic rings. The first-order chi connectivity index (χ1) is 24.3. The van der Waals surface area contributed by atoms with Crippen LogP contribution in [0.1, 0.15) is 0 Å². The van der Waals surface area contributed by atoms with E-state index in [0.717, 1.165) is 39.0 Å². The maximum atomic E-state index is 6.41. The minimum absolute atomic E-state index is 0.875. The third kappa shape index (κ3) is 4.70. The molecule has 230 valence electrons. The molecular formula is C46H29NOS. The van der Waals surface area contributed by atoms with E-state index in [9.17, 15) is 0 Å². The van der Waals surface area contributed by atoms with Gasteiger partial charge in [-0.3, -0.25) is 0 Å². The van der Waals surface area contributed by atoms with Crippen molar-refractivity contribution in [3.8, 4) is 22.3 Å². The van der Waals surface area contributed by atoms with Crippen LogP contribution < -0.4 is 4.90 Å². The Kier molecular flexibility index (Phi) is 6.39. The molecule has 0 fully saturated rings. The molecular weight excluding hydrogens is 615 g/mol. The fraction of sp³-hybridized carbons (Fsp3) is 0. The molecule has 0 aliphatic rings. The minimum Gasteiger partial charge on any atom is -0.456 e. The van der Waals surface area contributed by atoms with Crippen LogP contribution in [-0.2, 0) is 0 Å². The fourth-order valence-corrected chi connectivity index (χ4v) is 8.43. The van der Waals surface area contributed by atoms with Gasteiger partial charge in [0, 0.05) is 54.1 Å². The quantitative estimate of drug-likeness (QED) is 0.186. The Morgan fingerprint density at radius 1 is 0.367 bits per heavy atom. The van der Waals surface area contributed by atoms with Gasteiger partial charge in [0.05, 0.1) is 0 Å². The Balaban J connectivity index is 1.21. The first-order valence-electron chi connectivity index (χ1n) is 16.6. The number of nitrogens with zero attached hydrogens (tertiary/aromatic N) is 1. The molecule has 0 bridgehead atoms. The lowest BCUT2D eigenvalue weighted by Gasteiger charge is -2.27. The van der Waals surface area contributed by atoms with E-state index in [-0.39, 0.29) is 0 Å². The molecule has 0 spiro atoms. The summed E-state index contributed by atoms with van der Waals surface area (Å²) in [6.45, 7) is 0. The molecule has 0 N–H and O–H groups in total. The number of anilines is 3. The summed E-state index contributed by atoms with van der Waals surface area (Å²) in [6, 6.07) is 63.3. The summed E-state index contributed by atoms with van der Waals surface area (Å²) in [6.07, 6.45) is 0. The van der Waals surface area contributed by atoms with Gasteiger partial charge in [-0.1, -0.05) is 109 Å². The molecule has 2 aromatic heterocycles. The number of hydrogen-bond acceptors (Lipinski definition) is 3. The van der Waals surface area contributed by atoms with Gasteiger partial charge in [0.15, 0.2) is 0 Å². The number of furan rings is 1. The van der Waals surface area contributed by atoms with Crippen LogP contribution in [0.2, 0.25) is 0 Å². The van der Waals surface area contributed by atoms with Crippen LogP contribution >= 0.6 is 11.3 Å². The van der Waals surface area contributed by atoms with Crippen molar-refractivity contribution in [2.45, 2.75) is 0 Å². The number of fused-ring (bicyclic) bond motifs is 7. The van der Waals surface area contributed by atoms with Crippen molar-refractivity contribution in [1.82, 2.24) is 0 Å². The minimum atomic E-state index is 0.875. The largest absolute Gasteiger partial charge is 0.456 e. The van der Waals surface area contributed by atoms with Crippen molar-refractivity contribution >= 4 is 81.3 Å². The second-order valence-corrected chi connectivity index (χ2v) is 13.6. The molecule has 0 radical (unpaired) electrons. The summed E-state index contributed by atoms with van der Waals surface area (Å²) < 4.78 is 9.05. The van der Waals surface area contributed by atoms with E-state index in [1.54, 1.807) is 0 Å². The molecule has 0 unspecified atom stereocenters. The van der Waals surface area contributed by atoms with Gasteiger partial charge in [0.1, 0.15) is 11.2 Å². The van der Waals surface area contributed by atoms with Crippen molar-refractivity contribution in [3.63, 3.8) is 0 Å². The van der Waals surface area contributed by atoms with Gasteiger partial charge in [-0.15, -0.1) is 11.3 Å². The smallest absolute Gasteiger partial charge is 0.137 e. The highest BCUT2D eigenvalue weighted by Gasteiger charge is 2.19. The molecule has 8 aromatic carbocycles. The standard InChI is InChI=1S/C46H29NOS/c1-3-11-30(12-4-1)37-23-21-35(28-41(37)31-13-5-2-6-14-31)47(36-22-24-39-38-15-7-9-17-43(38)48-44(39)29-36)34-20-19-32-27-46-42(26-33(32)25-34)40-16-8-10-18-45(40)49-46/h1-29H.